The van der Waals surface area contributed by atoms with Crippen LogP contribution in [0.25, 0.3) is 0 Å². The van der Waals surface area contributed by atoms with Crippen LogP contribution in [0.2, 0.25) is 0 Å². The molecule has 2 fully saturated rings. The zero-order valence-electron chi connectivity index (χ0n) is 20.6. The van der Waals surface area contributed by atoms with Gasteiger partial charge in [0.2, 0.25) is 0 Å². The third kappa shape index (κ3) is 6.37. The molecule has 5 atom stereocenters. The van der Waals surface area contributed by atoms with E-state index in [1.165, 1.54) is 19.2 Å². The molecule has 2 unspecified atom stereocenters. The van der Waals surface area contributed by atoms with Gasteiger partial charge in [-0.25, -0.2) is 14.0 Å². The molecule has 0 radical (unpaired) electrons. The van der Waals surface area contributed by atoms with Crippen molar-refractivity contribution in [3.05, 3.63) is 22.7 Å². The molecule has 204 valence electrons. The van der Waals surface area contributed by atoms with E-state index in [1.807, 2.05) is 0 Å². The SMILES string of the molecule is CC(C)(CO)C(=O)SCCOP(=O)(OC[C@H]1O[C@@H](n2ccc(N)nc2=O)C(C)(O)[C@H]1O)N1CCCC1. The van der Waals surface area contributed by atoms with Crippen molar-refractivity contribution in [2.24, 2.45) is 5.41 Å². The Morgan fingerprint density at radius 3 is 2.67 bits per heavy atom. The Hall–Kier alpha value is -1.35. The Morgan fingerprint density at radius 2 is 2.06 bits per heavy atom. The third-order valence-electron chi connectivity index (χ3n) is 6.21. The van der Waals surface area contributed by atoms with E-state index < -0.39 is 42.9 Å². The first-order chi connectivity index (χ1) is 16.8. The van der Waals surface area contributed by atoms with Crippen LogP contribution in [0.5, 0.6) is 0 Å². The number of carbonyl (C=O) groups excluding carboxylic acids is 1. The summed E-state index contributed by atoms with van der Waals surface area (Å²) in [7, 11) is -3.81. The molecule has 2 aliphatic rings. The number of thioether (sulfide) groups is 1. The molecule has 13 nitrogen and oxygen atoms in total. The van der Waals surface area contributed by atoms with Crippen LogP contribution in [-0.2, 0) is 23.1 Å². The highest BCUT2D eigenvalue weighted by Crippen LogP contribution is 2.54. The van der Waals surface area contributed by atoms with Gasteiger partial charge < -0.3 is 25.8 Å². The summed E-state index contributed by atoms with van der Waals surface area (Å²) in [6.07, 6.45) is -0.980. The first-order valence-corrected chi connectivity index (χ1v) is 14.1. The second-order valence-corrected chi connectivity index (χ2v) is 12.8. The molecular formula is C21H35N4O9PS. The average Bonchev–Trinajstić information content (AvgIpc) is 3.44. The minimum absolute atomic E-state index is 0.00203. The standard InChI is InChI=1S/C21H35N4O9PS/c1-20(2,13-26)18(28)36-11-10-32-35(31,24-7-4-5-8-24)33-12-14-16(27)21(3,30)17(34-14)25-9-6-15(22)23-19(25)29/h6,9,14,16-17,26-27,30H,4-5,7-8,10-13H2,1-3H3,(H2,22,23,29)/t14-,16+,17-,21?,35?/m1/s1. The van der Waals surface area contributed by atoms with Gasteiger partial charge in [0.25, 0.3) is 0 Å². The molecule has 5 N–H and O–H groups in total. The van der Waals surface area contributed by atoms with Crippen LogP contribution in [0, 0.1) is 5.41 Å². The summed E-state index contributed by atoms with van der Waals surface area (Å²) in [5.74, 6) is 0.202. The Morgan fingerprint density at radius 1 is 1.39 bits per heavy atom. The number of aromatic nitrogens is 2. The monoisotopic (exact) mass is 550 g/mol. The van der Waals surface area contributed by atoms with E-state index in [9.17, 15) is 29.5 Å². The Kier molecular flexibility index (Phi) is 9.40. The van der Waals surface area contributed by atoms with E-state index in [0.717, 1.165) is 29.2 Å². The molecule has 0 aliphatic carbocycles. The molecule has 15 heteroatoms. The van der Waals surface area contributed by atoms with E-state index >= 15 is 0 Å². The predicted octanol–water partition coefficient (Wildman–Crippen LogP) is 0.350. The van der Waals surface area contributed by atoms with Gasteiger partial charge in [0.05, 0.1) is 25.2 Å². The Balaban J connectivity index is 1.66. The van der Waals surface area contributed by atoms with Crippen molar-refractivity contribution in [1.82, 2.24) is 14.2 Å². The van der Waals surface area contributed by atoms with E-state index in [-0.39, 0.29) is 36.5 Å². The largest absolute Gasteiger partial charge is 0.408 e. The summed E-state index contributed by atoms with van der Waals surface area (Å²) in [4.78, 5) is 28.1. The smallest absolute Gasteiger partial charge is 0.395 e. The first kappa shape index (κ1) is 29.2. The summed E-state index contributed by atoms with van der Waals surface area (Å²) >= 11 is 0.971. The Bertz CT molecular complexity index is 1030. The van der Waals surface area contributed by atoms with Crippen molar-refractivity contribution >= 4 is 30.4 Å². The minimum Gasteiger partial charge on any atom is -0.395 e. The zero-order chi connectivity index (χ0) is 26.7. The second kappa shape index (κ2) is 11.6. The molecular weight excluding hydrogens is 515 g/mol. The van der Waals surface area contributed by atoms with Crippen molar-refractivity contribution < 1.29 is 38.5 Å². The fourth-order valence-corrected chi connectivity index (χ4v) is 6.60. The summed E-state index contributed by atoms with van der Waals surface area (Å²) in [5, 5.41) is 30.7. The normalized spacial score (nSPS) is 28.9. The number of aliphatic hydroxyl groups is 3. The van der Waals surface area contributed by atoms with Gasteiger partial charge in [-0.05, 0) is 39.7 Å². The Labute approximate surface area is 213 Å². The maximum Gasteiger partial charge on any atom is 0.408 e. The van der Waals surface area contributed by atoms with E-state index in [0.29, 0.717) is 13.1 Å². The highest BCUT2D eigenvalue weighted by Gasteiger charge is 2.54. The molecule has 0 amide bonds. The van der Waals surface area contributed by atoms with Crippen LogP contribution < -0.4 is 11.4 Å². The number of rotatable bonds is 11. The number of ether oxygens (including phenoxy) is 1. The van der Waals surface area contributed by atoms with Crippen molar-refractivity contribution in [2.45, 2.75) is 57.6 Å². The molecule has 2 saturated heterocycles. The number of hydrogen-bond donors (Lipinski definition) is 4. The van der Waals surface area contributed by atoms with Crippen molar-refractivity contribution in [3.63, 3.8) is 0 Å². The topological polar surface area (TPSA) is 187 Å². The van der Waals surface area contributed by atoms with Gasteiger partial charge in [0, 0.05) is 25.0 Å². The van der Waals surface area contributed by atoms with Crippen molar-refractivity contribution in [1.29, 1.82) is 0 Å². The first-order valence-electron chi connectivity index (χ1n) is 11.6. The van der Waals surface area contributed by atoms with Crippen LogP contribution in [-0.4, -0.2) is 91.1 Å². The average molecular weight is 551 g/mol. The summed E-state index contributed by atoms with van der Waals surface area (Å²) < 4.78 is 33.3. The lowest BCUT2D eigenvalue weighted by molar-refractivity contribution is -0.119. The summed E-state index contributed by atoms with van der Waals surface area (Å²) in [5.41, 5.74) is 1.97. The molecule has 0 spiro atoms. The number of nitrogen functional groups attached to an aromatic ring is 1. The number of nitrogens with zero attached hydrogens (tertiary/aromatic N) is 3. The molecule has 1 aromatic rings. The van der Waals surface area contributed by atoms with Gasteiger partial charge in [0.15, 0.2) is 11.3 Å². The van der Waals surface area contributed by atoms with Gasteiger partial charge in [-0.15, -0.1) is 0 Å². The maximum absolute atomic E-state index is 13.6. The van der Waals surface area contributed by atoms with E-state index in [4.69, 9.17) is 19.5 Å². The van der Waals surface area contributed by atoms with Crippen LogP contribution in [0.15, 0.2) is 17.1 Å². The number of hydrogen-bond acceptors (Lipinski definition) is 12. The van der Waals surface area contributed by atoms with E-state index in [2.05, 4.69) is 4.98 Å². The number of aliphatic hydroxyl groups excluding tert-OH is 2. The molecule has 36 heavy (non-hydrogen) atoms. The summed E-state index contributed by atoms with van der Waals surface area (Å²) in [6, 6.07) is 1.36. The highest BCUT2D eigenvalue weighted by molar-refractivity contribution is 8.13. The third-order valence-corrected chi connectivity index (χ3v) is 9.47. The lowest BCUT2D eigenvalue weighted by Crippen LogP contribution is -2.46. The van der Waals surface area contributed by atoms with E-state index in [1.54, 1.807) is 18.5 Å². The summed E-state index contributed by atoms with van der Waals surface area (Å²) in [6.45, 7) is 4.82. The zero-order valence-corrected chi connectivity index (χ0v) is 22.3. The number of anilines is 1. The highest BCUT2D eigenvalue weighted by atomic mass is 32.2. The molecule has 0 bridgehead atoms. The molecule has 0 aromatic carbocycles. The van der Waals surface area contributed by atoms with Crippen LogP contribution in [0.4, 0.5) is 5.82 Å². The maximum atomic E-state index is 13.6. The number of carbonyl (C=O) groups is 1. The fourth-order valence-electron chi connectivity index (χ4n) is 3.84. The number of nitrogens with two attached hydrogens (primary N) is 1. The van der Waals surface area contributed by atoms with Gasteiger partial charge in [-0.1, -0.05) is 11.8 Å². The van der Waals surface area contributed by atoms with Crippen molar-refractivity contribution in [2.75, 3.05) is 44.4 Å². The van der Waals surface area contributed by atoms with Crippen LogP contribution in [0.1, 0.15) is 39.8 Å². The van der Waals surface area contributed by atoms with Crippen molar-refractivity contribution in [3.8, 4) is 0 Å². The molecule has 1 aromatic heterocycles. The minimum atomic E-state index is -3.81. The van der Waals surface area contributed by atoms with Gasteiger partial charge >= 0.3 is 13.4 Å². The van der Waals surface area contributed by atoms with Gasteiger partial charge in [-0.2, -0.15) is 4.98 Å². The lowest BCUT2D eigenvalue weighted by Gasteiger charge is -2.28. The lowest BCUT2D eigenvalue weighted by atomic mass is 9.96. The molecule has 0 saturated carbocycles. The second-order valence-electron chi connectivity index (χ2n) is 9.68. The van der Waals surface area contributed by atoms with Crippen LogP contribution >= 0.6 is 19.5 Å². The predicted molar refractivity (Wildman–Crippen MR) is 132 cm³/mol. The van der Waals surface area contributed by atoms with Crippen LogP contribution in [0.3, 0.4) is 0 Å². The fraction of sp³-hybridized carbons (Fsp3) is 0.762. The van der Waals surface area contributed by atoms with Gasteiger partial charge in [-0.3, -0.25) is 18.4 Å². The quantitative estimate of drug-likeness (QED) is 0.219. The van der Waals surface area contributed by atoms with Gasteiger partial charge in [0.1, 0.15) is 23.6 Å². The molecule has 3 heterocycles. The molecule has 2 aliphatic heterocycles. The molecule has 3 rings (SSSR count).